The number of ether oxygens (including phenoxy) is 1. The molecule has 1 rings (SSSR count). The fourth-order valence-electron chi connectivity index (χ4n) is 1.82. The number of carbonyl (C=O) groups excluding carboxylic acids is 1. The van der Waals surface area contributed by atoms with E-state index in [4.69, 9.17) is 33.7 Å². The van der Waals surface area contributed by atoms with Crippen molar-refractivity contribution in [1.82, 2.24) is 0 Å². The Bertz CT molecular complexity index is 444. The van der Waals surface area contributed by atoms with Gasteiger partial charge in [0.25, 0.3) is 0 Å². The van der Waals surface area contributed by atoms with E-state index >= 15 is 0 Å². The van der Waals surface area contributed by atoms with E-state index in [2.05, 4.69) is 12.2 Å². The first kappa shape index (κ1) is 18.1. The lowest BCUT2D eigenvalue weighted by Crippen LogP contribution is -2.14. The lowest BCUT2D eigenvalue weighted by atomic mass is 10.2. The highest BCUT2D eigenvalue weighted by molar-refractivity contribution is 6.37. The van der Waals surface area contributed by atoms with E-state index in [0.717, 1.165) is 13.0 Å². The van der Waals surface area contributed by atoms with Crippen LogP contribution in [0.25, 0.3) is 0 Å². The zero-order valence-corrected chi connectivity index (χ0v) is 13.8. The van der Waals surface area contributed by atoms with Gasteiger partial charge in [-0.2, -0.15) is 0 Å². The summed E-state index contributed by atoms with van der Waals surface area (Å²) in [6.45, 7) is 3.49. The molecule has 0 saturated heterocycles. The van der Waals surface area contributed by atoms with Crippen LogP contribution in [0, 0.1) is 0 Å². The van der Waals surface area contributed by atoms with Gasteiger partial charge in [0, 0.05) is 24.7 Å². The summed E-state index contributed by atoms with van der Waals surface area (Å²) in [7, 11) is 0. The van der Waals surface area contributed by atoms with E-state index in [9.17, 15) is 4.79 Å². The first-order valence-corrected chi connectivity index (χ1v) is 7.92. The minimum atomic E-state index is -0.136. The summed E-state index contributed by atoms with van der Waals surface area (Å²) in [5, 5.41) is 3.48. The largest absolute Gasteiger partial charge is 0.397 e. The second-order valence-electron chi connectivity index (χ2n) is 4.82. The quantitative estimate of drug-likeness (QED) is 0.516. The smallest absolute Gasteiger partial charge is 0.224 e. The summed E-state index contributed by atoms with van der Waals surface area (Å²) < 4.78 is 5.45. The van der Waals surface area contributed by atoms with Crippen LogP contribution >= 0.6 is 23.2 Å². The van der Waals surface area contributed by atoms with E-state index in [1.807, 2.05) is 0 Å². The molecule has 1 amide bonds. The third kappa shape index (κ3) is 7.02. The molecule has 0 aliphatic heterocycles. The summed E-state index contributed by atoms with van der Waals surface area (Å²) in [5.41, 5.74) is 6.56. The minimum Gasteiger partial charge on any atom is -0.397 e. The van der Waals surface area contributed by atoms with Crippen LogP contribution < -0.4 is 11.1 Å². The number of unbranched alkanes of at least 4 members (excludes halogenated alkanes) is 2. The number of hydrogen-bond acceptors (Lipinski definition) is 3. The molecule has 0 radical (unpaired) electrons. The molecule has 0 spiro atoms. The van der Waals surface area contributed by atoms with Gasteiger partial charge in [-0.25, -0.2) is 0 Å². The van der Waals surface area contributed by atoms with Crippen molar-refractivity contribution in [3.8, 4) is 0 Å². The average molecular weight is 333 g/mol. The third-order valence-electron chi connectivity index (χ3n) is 2.93. The standard InChI is InChI=1S/C15H22Cl2N2O2/c1-2-3-4-7-21-8-5-6-14(20)19-15-12(17)9-11(16)10-13(15)18/h9-10H,2-8,18H2,1H3,(H,19,20). The average Bonchev–Trinajstić information content (AvgIpc) is 2.42. The Morgan fingerprint density at radius 3 is 2.62 bits per heavy atom. The second kappa shape index (κ2) is 9.87. The lowest BCUT2D eigenvalue weighted by Gasteiger charge is -2.10. The number of nitrogens with two attached hydrogens (primary N) is 1. The second-order valence-corrected chi connectivity index (χ2v) is 5.67. The molecule has 0 saturated carbocycles. The normalized spacial score (nSPS) is 10.6. The molecule has 4 nitrogen and oxygen atoms in total. The number of rotatable bonds is 9. The molecule has 118 valence electrons. The highest BCUT2D eigenvalue weighted by atomic mass is 35.5. The van der Waals surface area contributed by atoms with Crippen molar-refractivity contribution in [2.75, 3.05) is 24.3 Å². The van der Waals surface area contributed by atoms with Crippen molar-refractivity contribution in [3.05, 3.63) is 22.2 Å². The molecule has 21 heavy (non-hydrogen) atoms. The van der Waals surface area contributed by atoms with Crippen molar-refractivity contribution in [2.24, 2.45) is 0 Å². The Morgan fingerprint density at radius 2 is 1.95 bits per heavy atom. The minimum absolute atomic E-state index is 0.136. The van der Waals surface area contributed by atoms with E-state index in [0.29, 0.717) is 40.9 Å². The van der Waals surface area contributed by atoms with E-state index in [-0.39, 0.29) is 5.91 Å². The van der Waals surface area contributed by atoms with Gasteiger partial charge in [-0.1, -0.05) is 43.0 Å². The van der Waals surface area contributed by atoms with Gasteiger partial charge in [0.2, 0.25) is 5.91 Å². The maximum atomic E-state index is 11.8. The molecule has 1 aromatic rings. The van der Waals surface area contributed by atoms with Crippen LogP contribution in [0.3, 0.4) is 0 Å². The van der Waals surface area contributed by atoms with Crippen LogP contribution in [-0.2, 0) is 9.53 Å². The Morgan fingerprint density at radius 1 is 1.24 bits per heavy atom. The first-order chi connectivity index (χ1) is 10.0. The van der Waals surface area contributed by atoms with Crippen molar-refractivity contribution in [2.45, 2.75) is 39.0 Å². The monoisotopic (exact) mass is 332 g/mol. The van der Waals surface area contributed by atoms with Gasteiger partial charge in [0.05, 0.1) is 16.4 Å². The number of amides is 1. The fourth-order valence-corrected chi connectivity index (χ4v) is 2.37. The van der Waals surface area contributed by atoms with Crippen LogP contribution in [0.2, 0.25) is 10.0 Å². The van der Waals surface area contributed by atoms with Gasteiger partial charge < -0.3 is 15.8 Å². The molecule has 6 heteroatoms. The summed E-state index contributed by atoms with van der Waals surface area (Å²) in [6, 6.07) is 3.10. The topological polar surface area (TPSA) is 64.3 Å². The molecule has 0 unspecified atom stereocenters. The number of halogens is 2. The third-order valence-corrected chi connectivity index (χ3v) is 3.45. The molecule has 0 heterocycles. The molecule has 1 aromatic carbocycles. The van der Waals surface area contributed by atoms with Crippen LogP contribution in [0.5, 0.6) is 0 Å². The van der Waals surface area contributed by atoms with Crippen LogP contribution in [0.15, 0.2) is 12.1 Å². The van der Waals surface area contributed by atoms with Crippen LogP contribution in [0.1, 0.15) is 39.0 Å². The van der Waals surface area contributed by atoms with Crippen molar-refractivity contribution >= 4 is 40.5 Å². The maximum Gasteiger partial charge on any atom is 0.224 e. The number of carbonyl (C=O) groups is 1. The number of benzene rings is 1. The molecule has 0 aliphatic rings. The Hall–Kier alpha value is -0.970. The summed E-state index contributed by atoms with van der Waals surface area (Å²) in [4.78, 5) is 11.8. The lowest BCUT2D eigenvalue weighted by molar-refractivity contribution is -0.116. The summed E-state index contributed by atoms with van der Waals surface area (Å²) in [6.07, 6.45) is 4.46. The number of hydrogen-bond donors (Lipinski definition) is 2. The van der Waals surface area contributed by atoms with E-state index in [1.54, 1.807) is 12.1 Å². The molecule has 3 N–H and O–H groups in total. The van der Waals surface area contributed by atoms with Crippen LogP contribution in [-0.4, -0.2) is 19.1 Å². The van der Waals surface area contributed by atoms with Crippen molar-refractivity contribution < 1.29 is 9.53 Å². The van der Waals surface area contributed by atoms with Gasteiger partial charge in [-0.3, -0.25) is 4.79 Å². The molecular formula is C15H22Cl2N2O2. The van der Waals surface area contributed by atoms with Crippen molar-refractivity contribution in [3.63, 3.8) is 0 Å². The molecule has 0 aliphatic carbocycles. The van der Waals surface area contributed by atoms with Gasteiger partial charge in [0.15, 0.2) is 0 Å². The zero-order chi connectivity index (χ0) is 15.7. The molecule has 0 aromatic heterocycles. The van der Waals surface area contributed by atoms with Gasteiger partial charge >= 0.3 is 0 Å². The summed E-state index contributed by atoms with van der Waals surface area (Å²) in [5.74, 6) is -0.136. The molecular weight excluding hydrogens is 311 g/mol. The van der Waals surface area contributed by atoms with Crippen LogP contribution in [0.4, 0.5) is 11.4 Å². The highest BCUT2D eigenvalue weighted by Gasteiger charge is 2.10. The zero-order valence-electron chi connectivity index (χ0n) is 12.3. The first-order valence-electron chi connectivity index (χ1n) is 7.16. The Labute approximate surface area is 135 Å². The Kier molecular flexibility index (Phi) is 8.50. The number of nitrogen functional groups attached to an aromatic ring is 1. The SMILES string of the molecule is CCCCCOCCCC(=O)Nc1c(N)cc(Cl)cc1Cl. The Balaban J connectivity index is 2.28. The van der Waals surface area contributed by atoms with Gasteiger partial charge in [-0.15, -0.1) is 0 Å². The molecule has 0 bridgehead atoms. The highest BCUT2D eigenvalue weighted by Crippen LogP contribution is 2.32. The number of nitrogens with one attached hydrogen (secondary N) is 1. The van der Waals surface area contributed by atoms with E-state index < -0.39 is 0 Å². The fraction of sp³-hybridized carbons (Fsp3) is 0.533. The van der Waals surface area contributed by atoms with E-state index in [1.165, 1.54) is 12.8 Å². The predicted molar refractivity (Wildman–Crippen MR) is 89.1 cm³/mol. The number of anilines is 2. The molecule has 0 atom stereocenters. The maximum absolute atomic E-state index is 11.8. The molecule has 0 fully saturated rings. The van der Waals surface area contributed by atoms with Crippen molar-refractivity contribution in [1.29, 1.82) is 0 Å². The predicted octanol–water partition coefficient (Wildman–Crippen LogP) is 4.50. The van der Waals surface area contributed by atoms with Gasteiger partial charge in [-0.05, 0) is 25.0 Å². The summed E-state index contributed by atoms with van der Waals surface area (Å²) >= 11 is 11.8. The van der Waals surface area contributed by atoms with Gasteiger partial charge in [0.1, 0.15) is 0 Å².